The Hall–Kier alpha value is -0.650. The maximum Gasteiger partial charge on any atom is 0.186 e. The Morgan fingerprint density at radius 1 is 1.42 bits per heavy atom. The predicted octanol–water partition coefficient (Wildman–Crippen LogP) is 2.52. The van der Waals surface area contributed by atoms with Gasteiger partial charge in [-0.05, 0) is 25.2 Å². The first kappa shape index (κ1) is 13.3. The van der Waals surface area contributed by atoms with Crippen molar-refractivity contribution in [1.29, 1.82) is 0 Å². The SMILES string of the molecule is CCC(C)c1nc(N2CC3CCC(C2)O3)sc1CO. The molecule has 4 nitrogen and oxygen atoms in total. The zero-order valence-electron chi connectivity index (χ0n) is 11.6. The second-order valence-electron chi connectivity index (χ2n) is 5.63. The van der Waals surface area contributed by atoms with E-state index in [1.165, 1.54) is 12.8 Å². The van der Waals surface area contributed by atoms with Crippen LogP contribution in [-0.2, 0) is 11.3 Å². The monoisotopic (exact) mass is 282 g/mol. The molecule has 0 spiro atoms. The van der Waals surface area contributed by atoms with Gasteiger partial charge in [0.05, 0.1) is 29.4 Å². The molecule has 3 unspecified atom stereocenters. The minimum absolute atomic E-state index is 0.106. The van der Waals surface area contributed by atoms with Crippen molar-refractivity contribution < 1.29 is 9.84 Å². The summed E-state index contributed by atoms with van der Waals surface area (Å²) in [4.78, 5) is 8.18. The summed E-state index contributed by atoms with van der Waals surface area (Å²) >= 11 is 1.65. The Bertz CT molecular complexity index is 437. The molecule has 2 aliphatic rings. The molecule has 2 aliphatic heterocycles. The summed E-state index contributed by atoms with van der Waals surface area (Å²) in [6.45, 7) is 6.36. The van der Waals surface area contributed by atoms with Crippen LogP contribution < -0.4 is 4.90 Å². The van der Waals surface area contributed by atoms with E-state index in [2.05, 4.69) is 18.7 Å². The van der Waals surface area contributed by atoms with Crippen LogP contribution in [0.15, 0.2) is 0 Å². The zero-order valence-corrected chi connectivity index (χ0v) is 12.4. The van der Waals surface area contributed by atoms with E-state index in [0.717, 1.165) is 35.2 Å². The van der Waals surface area contributed by atoms with E-state index in [1.54, 1.807) is 11.3 Å². The fraction of sp³-hybridized carbons (Fsp3) is 0.786. The van der Waals surface area contributed by atoms with Gasteiger partial charge in [-0.3, -0.25) is 0 Å². The molecular weight excluding hydrogens is 260 g/mol. The van der Waals surface area contributed by atoms with Gasteiger partial charge in [0.15, 0.2) is 5.13 Å². The Balaban J connectivity index is 1.83. The summed E-state index contributed by atoms with van der Waals surface area (Å²) in [5, 5.41) is 10.6. The fourth-order valence-corrected chi connectivity index (χ4v) is 4.01. The summed E-state index contributed by atoms with van der Waals surface area (Å²) in [6, 6.07) is 0. The van der Waals surface area contributed by atoms with Crippen LogP contribution >= 0.6 is 11.3 Å². The van der Waals surface area contributed by atoms with Gasteiger partial charge in [-0.1, -0.05) is 25.2 Å². The highest BCUT2D eigenvalue weighted by molar-refractivity contribution is 7.15. The van der Waals surface area contributed by atoms with Crippen LogP contribution in [-0.4, -0.2) is 35.4 Å². The highest BCUT2D eigenvalue weighted by Crippen LogP contribution is 2.35. The topological polar surface area (TPSA) is 45.6 Å². The van der Waals surface area contributed by atoms with E-state index in [4.69, 9.17) is 9.72 Å². The maximum absolute atomic E-state index is 9.52. The van der Waals surface area contributed by atoms with Crippen LogP contribution in [0.1, 0.15) is 49.6 Å². The summed E-state index contributed by atoms with van der Waals surface area (Å²) in [5.74, 6) is 0.421. The molecule has 1 aromatic heterocycles. The smallest absolute Gasteiger partial charge is 0.186 e. The lowest BCUT2D eigenvalue weighted by Crippen LogP contribution is -2.42. The number of ether oxygens (including phenoxy) is 1. The Morgan fingerprint density at radius 2 is 2.11 bits per heavy atom. The molecule has 0 amide bonds. The van der Waals surface area contributed by atoms with Gasteiger partial charge in [-0.25, -0.2) is 4.98 Å². The third-order valence-electron chi connectivity index (χ3n) is 4.25. The van der Waals surface area contributed by atoms with E-state index >= 15 is 0 Å². The molecule has 19 heavy (non-hydrogen) atoms. The second kappa shape index (κ2) is 5.38. The van der Waals surface area contributed by atoms with Crippen molar-refractivity contribution in [2.24, 2.45) is 0 Å². The van der Waals surface area contributed by atoms with E-state index in [0.29, 0.717) is 18.1 Å². The summed E-state index contributed by atoms with van der Waals surface area (Å²) < 4.78 is 5.87. The molecular formula is C14H22N2O2S. The number of thiazole rings is 1. The first-order valence-electron chi connectivity index (χ1n) is 7.22. The molecule has 106 valence electrons. The fourth-order valence-electron chi connectivity index (χ4n) is 2.95. The molecule has 3 rings (SSSR count). The van der Waals surface area contributed by atoms with Gasteiger partial charge in [0.2, 0.25) is 0 Å². The molecule has 1 aromatic rings. The van der Waals surface area contributed by atoms with Gasteiger partial charge in [0.1, 0.15) is 0 Å². The van der Waals surface area contributed by atoms with Crippen molar-refractivity contribution in [2.45, 2.75) is 57.8 Å². The van der Waals surface area contributed by atoms with Crippen molar-refractivity contribution >= 4 is 16.5 Å². The largest absolute Gasteiger partial charge is 0.391 e. The number of fused-ring (bicyclic) bond motifs is 2. The van der Waals surface area contributed by atoms with E-state index < -0.39 is 0 Å². The average molecular weight is 282 g/mol. The van der Waals surface area contributed by atoms with Crippen molar-refractivity contribution in [1.82, 2.24) is 4.98 Å². The third kappa shape index (κ3) is 2.51. The molecule has 2 saturated heterocycles. The van der Waals surface area contributed by atoms with Crippen LogP contribution in [0.5, 0.6) is 0 Å². The zero-order chi connectivity index (χ0) is 13.4. The number of aliphatic hydroxyl groups is 1. The molecule has 0 saturated carbocycles. The minimum atomic E-state index is 0.106. The van der Waals surface area contributed by atoms with Gasteiger partial charge in [-0.2, -0.15) is 0 Å². The number of morpholine rings is 1. The normalized spacial score (nSPS) is 27.8. The van der Waals surface area contributed by atoms with Gasteiger partial charge < -0.3 is 14.7 Å². The van der Waals surface area contributed by atoms with E-state index in [9.17, 15) is 5.11 Å². The summed E-state index contributed by atoms with van der Waals surface area (Å²) in [6.07, 6.45) is 4.18. The van der Waals surface area contributed by atoms with Crippen LogP contribution in [0, 0.1) is 0 Å². The van der Waals surface area contributed by atoms with Gasteiger partial charge in [-0.15, -0.1) is 0 Å². The highest BCUT2D eigenvalue weighted by Gasteiger charge is 2.35. The molecule has 0 aliphatic carbocycles. The summed E-state index contributed by atoms with van der Waals surface area (Å²) in [7, 11) is 0. The van der Waals surface area contributed by atoms with Crippen molar-refractivity contribution in [3.05, 3.63) is 10.6 Å². The Labute approximate surface area is 118 Å². The third-order valence-corrected chi connectivity index (χ3v) is 5.37. The van der Waals surface area contributed by atoms with Crippen molar-refractivity contribution in [3.8, 4) is 0 Å². The predicted molar refractivity (Wildman–Crippen MR) is 76.9 cm³/mol. The lowest BCUT2D eigenvalue weighted by molar-refractivity contribution is 0.0305. The number of rotatable bonds is 4. The maximum atomic E-state index is 9.52. The standard InChI is InChI=1S/C14H22N2O2S/c1-3-9(2)13-12(8-17)19-14(15-13)16-6-10-4-5-11(7-16)18-10/h9-11,17H,3-8H2,1-2H3. The van der Waals surface area contributed by atoms with Gasteiger partial charge >= 0.3 is 0 Å². The minimum Gasteiger partial charge on any atom is -0.391 e. The van der Waals surface area contributed by atoms with Crippen LogP contribution in [0.25, 0.3) is 0 Å². The quantitative estimate of drug-likeness (QED) is 0.921. The first-order valence-corrected chi connectivity index (χ1v) is 8.03. The van der Waals surface area contributed by atoms with Crippen LogP contribution in [0.4, 0.5) is 5.13 Å². The molecule has 0 aromatic carbocycles. The number of hydrogen-bond acceptors (Lipinski definition) is 5. The Kier molecular flexibility index (Phi) is 3.78. The first-order chi connectivity index (χ1) is 9.21. The number of aromatic nitrogens is 1. The lowest BCUT2D eigenvalue weighted by atomic mass is 10.0. The molecule has 1 N–H and O–H groups in total. The number of nitrogens with zero attached hydrogens (tertiary/aromatic N) is 2. The molecule has 2 bridgehead atoms. The Morgan fingerprint density at radius 3 is 2.68 bits per heavy atom. The lowest BCUT2D eigenvalue weighted by Gasteiger charge is -2.31. The molecule has 0 radical (unpaired) electrons. The molecule has 3 atom stereocenters. The second-order valence-corrected chi connectivity index (χ2v) is 6.70. The summed E-state index contributed by atoms with van der Waals surface area (Å²) in [5.41, 5.74) is 1.09. The highest BCUT2D eigenvalue weighted by atomic mass is 32.1. The van der Waals surface area contributed by atoms with Crippen molar-refractivity contribution in [3.63, 3.8) is 0 Å². The van der Waals surface area contributed by atoms with Crippen LogP contribution in [0.2, 0.25) is 0 Å². The van der Waals surface area contributed by atoms with E-state index in [1.807, 2.05) is 0 Å². The average Bonchev–Trinajstić information content (AvgIpc) is 3.01. The molecule has 2 fully saturated rings. The number of anilines is 1. The molecule has 3 heterocycles. The number of aliphatic hydroxyl groups excluding tert-OH is 1. The van der Waals surface area contributed by atoms with E-state index in [-0.39, 0.29) is 6.61 Å². The van der Waals surface area contributed by atoms with Crippen molar-refractivity contribution in [2.75, 3.05) is 18.0 Å². The van der Waals surface area contributed by atoms with Gasteiger partial charge in [0, 0.05) is 13.1 Å². The van der Waals surface area contributed by atoms with Crippen LogP contribution in [0.3, 0.4) is 0 Å². The van der Waals surface area contributed by atoms with Gasteiger partial charge in [0.25, 0.3) is 0 Å². The number of hydrogen-bond donors (Lipinski definition) is 1. The molecule has 5 heteroatoms.